The van der Waals surface area contributed by atoms with Crippen molar-refractivity contribution in [2.75, 3.05) is 11.4 Å². The lowest BCUT2D eigenvalue weighted by Gasteiger charge is -2.16. The number of aromatic nitrogens is 5. The van der Waals surface area contributed by atoms with Gasteiger partial charge in [-0.25, -0.2) is 4.68 Å². The molecular formula is C24H24N6O2. The molecule has 0 spiro atoms. The first-order valence-electron chi connectivity index (χ1n) is 11.2. The number of nitrogens with zero attached hydrogens (tertiary/aromatic N) is 6. The summed E-state index contributed by atoms with van der Waals surface area (Å²) < 4.78 is 7.63. The topological polar surface area (TPSA) is 89.9 Å². The van der Waals surface area contributed by atoms with E-state index in [9.17, 15) is 4.79 Å². The zero-order chi connectivity index (χ0) is 21.7. The normalized spacial score (nSPS) is 19.5. The lowest BCUT2D eigenvalue weighted by molar-refractivity contribution is -0.117. The molecule has 2 fully saturated rings. The molecule has 4 aromatic rings. The van der Waals surface area contributed by atoms with Gasteiger partial charge in [0.25, 0.3) is 0 Å². The molecule has 32 heavy (non-hydrogen) atoms. The van der Waals surface area contributed by atoms with E-state index in [1.165, 1.54) is 18.4 Å². The number of hydrogen-bond acceptors (Lipinski definition) is 6. The highest BCUT2D eigenvalue weighted by Crippen LogP contribution is 2.34. The Hall–Kier alpha value is -3.55. The quantitative estimate of drug-likeness (QED) is 0.478. The zero-order valence-corrected chi connectivity index (χ0v) is 17.9. The van der Waals surface area contributed by atoms with Gasteiger partial charge in [-0.15, -0.1) is 5.10 Å². The summed E-state index contributed by atoms with van der Waals surface area (Å²) in [4.78, 5) is 19.0. The maximum atomic E-state index is 12.6. The van der Waals surface area contributed by atoms with Crippen molar-refractivity contribution in [3.05, 3.63) is 53.9 Å². The molecule has 2 aliphatic rings. The molecule has 2 aromatic heterocycles. The molecule has 6 rings (SSSR count). The predicted molar refractivity (Wildman–Crippen MR) is 119 cm³/mol. The predicted octanol–water partition coefficient (Wildman–Crippen LogP) is 4.43. The molecule has 1 aliphatic carbocycles. The van der Waals surface area contributed by atoms with Crippen LogP contribution < -0.4 is 4.90 Å². The maximum Gasteiger partial charge on any atom is 0.232 e. The Morgan fingerprint density at radius 1 is 1.06 bits per heavy atom. The van der Waals surface area contributed by atoms with Crippen LogP contribution in [0.15, 0.2) is 47.0 Å². The molecule has 0 N–H and O–H groups in total. The molecule has 8 heteroatoms. The molecule has 1 aliphatic heterocycles. The Labute approximate surface area is 185 Å². The minimum atomic E-state index is -0.114. The Kier molecular flexibility index (Phi) is 4.52. The van der Waals surface area contributed by atoms with Gasteiger partial charge < -0.3 is 9.42 Å². The van der Waals surface area contributed by atoms with Crippen LogP contribution in [0.2, 0.25) is 0 Å². The summed E-state index contributed by atoms with van der Waals surface area (Å²) in [5.74, 6) is 0.969. The third-order valence-corrected chi connectivity index (χ3v) is 6.66. The third kappa shape index (κ3) is 3.26. The van der Waals surface area contributed by atoms with Crippen molar-refractivity contribution in [1.29, 1.82) is 0 Å². The first kappa shape index (κ1) is 19.2. The maximum absolute atomic E-state index is 12.6. The number of hydrogen-bond donors (Lipinski definition) is 0. The van der Waals surface area contributed by atoms with E-state index < -0.39 is 0 Å². The molecule has 1 saturated heterocycles. The average Bonchev–Trinajstić information content (AvgIpc) is 3.59. The Bertz CT molecular complexity index is 1290. The number of anilines is 1. The standard InChI is InChI=1S/C24H24N6O2/c1-15-6-9-18(10-7-15)29-14-17(13-22(29)31)24-25-23(27-32-24)16-8-11-21-20(12-16)26-28-30(21)19-4-2-3-5-19/h6-12,17,19H,2-5,13-14H2,1H3/t17-/m1/s1. The van der Waals surface area contributed by atoms with Gasteiger partial charge in [-0.3, -0.25) is 4.79 Å². The minimum Gasteiger partial charge on any atom is -0.339 e. The summed E-state index contributed by atoms with van der Waals surface area (Å²) in [7, 11) is 0. The largest absolute Gasteiger partial charge is 0.339 e. The van der Waals surface area contributed by atoms with Crippen LogP contribution in [0.3, 0.4) is 0 Å². The van der Waals surface area contributed by atoms with Gasteiger partial charge in [0.2, 0.25) is 17.6 Å². The van der Waals surface area contributed by atoms with E-state index in [2.05, 4.69) is 25.1 Å². The number of amides is 1. The number of fused-ring (bicyclic) bond motifs is 1. The molecule has 0 bridgehead atoms. The average molecular weight is 428 g/mol. The van der Waals surface area contributed by atoms with Crippen LogP contribution in [0.1, 0.15) is 55.5 Å². The Balaban J connectivity index is 1.23. The van der Waals surface area contributed by atoms with E-state index in [1.54, 1.807) is 4.90 Å². The second kappa shape index (κ2) is 7.55. The second-order valence-electron chi connectivity index (χ2n) is 8.87. The van der Waals surface area contributed by atoms with Crippen LogP contribution in [0.25, 0.3) is 22.4 Å². The minimum absolute atomic E-state index is 0.0727. The van der Waals surface area contributed by atoms with Crippen LogP contribution in [-0.2, 0) is 4.79 Å². The van der Waals surface area contributed by atoms with E-state index in [-0.39, 0.29) is 11.8 Å². The van der Waals surface area contributed by atoms with Crippen molar-refractivity contribution in [1.82, 2.24) is 25.1 Å². The number of aryl methyl sites for hydroxylation is 1. The number of rotatable bonds is 4. The number of carbonyl (C=O) groups excluding carboxylic acids is 1. The van der Waals surface area contributed by atoms with Crippen molar-refractivity contribution in [3.8, 4) is 11.4 Å². The van der Waals surface area contributed by atoms with Crippen LogP contribution >= 0.6 is 0 Å². The molecule has 1 atom stereocenters. The summed E-state index contributed by atoms with van der Waals surface area (Å²) >= 11 is 0. The molecule has 2 aromatic carbocycles. The lowest BCUT2D eigenvalue weighted by atomic mass is 10.1. The van der Waals surface area contributed by atoms with Crippen molar-refractivity contribution in [2.45, 2.75) is 51.0 Å². The molecule has 3 heterocycles. The summed E-state index contributed by atoms with van der Waals surface area (Å²) in [5.41, 5.74) is 4.78. The van der Waals surface area contributed by atoms with Crippen molar-refractivity contribution < 1.29 is 9.32 Å². The van der Waals surface area contributed by atoms with E-state index >= 15 is 0 Å². The van der Waals surface area contributed by atoms with Gasteiger partial charge in [0.05, 0.1) is 17.5 Å². The summed E-state index contributed by atoms with van der Waals surface area (Å²) in [6.45, 7) is 2.57. The van der Waals surface area contributed by atoms with Gasteiger partial charge in [-0.1, -0.05) is 40.9 Å². The van der Waals surface area contributed by atoms with Gasteiger partial charge in [0, 0.05) is 24.2 Å². The fourth-order valence-corrected chi connectivity index (χ4v) is 4.86. The number of benzene rings is 2. The van der Waals surface area contributed by atoms with Crippen molar-refractivity contribution in [3.63, 3.8) is 0 Å². The highest BCUT2D eigenvalue weighted by molar-refractivity contribution is 5.96. The molecule has 1 saturated carbocycles. The molecule has 1 amide bonds. The van der Waals surface area contributed by atoms with Crippen LogP contribution in [0, 0.1) is 6.92 Å². The SMILES string of the molecule is Cc1ccc(N2C[C@H](c3nc(-c4ccc5c(c4)nnn5C4CCCC4)no3)CC2=O)cc1. The molecule has 0 unspecified atom stereocenters. The van der Waals surface area contributed by atoms with Gasteiger partial charge in [-0.05, 0) is 50.1 Å². The van der Waals surface area contributed by atoms with Crippen LogP contribution in [0.4, 0.5) is 5.69 Å². The fourth-order valence-electron chi connectivity index (χ4n) is 4.86. The first-order chi connectivity index (χ1) is 15.7. The zero-order valence-electron chi connectivity index (χ0n) is 17.9. The van der Waals surface area contributed by atoms with Gasteiger partial charge in [0.1, 0.15) is 5.52 Å². The van der Waals surface area contributed by atoms with E-state index in [0.29, 0.717) is 30.7 Å². The van der Waals surface area contributed by atoms with Gasteiger partial charge in [0.15, 0.2) is 0 Å². The summed E-state index contributed by atoms with van der Waals surface area (Å²) in [5, 5.41) is 12.9. The van der Waals surface area contributed by atoms with E-state index in [4.69, 9.17) is 4.52 Å². The Morgan fingerprint density at radius 3 is 2.69 bits per heavy atom. The van der Waals surface area contributed by atoms with E-state index in [0.717, 1.165) is 35.1 Å². The summed E-state index contributed by atoms with van der Waals surface area (Å²) in [6.07, 6.45) is 5.19. The molecular weight excluding hydrogens is 404 g/mol. The number of carbonyl (C=O) groups is 1. The van der Waals surface area contributed by atoms with Crippen molar-refractivity contribution in [2.24, 2.45) is 0 Å². The molecule has 8 nitrogen and oxygen atoms in total. The highest BCUT2D eigenvalue weighted by atomic mass is 16.5. The first-order valence-corrected chi connectivity index (χ1v) is 11.2. The summed E-state index contributed by atoms with van der Waals surface area (Å²) in [6, 6.07) is 14.4. The molecule has 162 valence electrons. The van der Waals surface area contributed by atoms with Crippen LogP contribution in [-0.4, -0.2) is 37.6 Å². The van der Waals surface area contributed by atoms with Gasteiger partial charge >= 0.3 is 0 Å². The molecule has 0 radical (unpaired) electrons. The van der Waals surface area contributed by atoms with Gasteiger partial charge in [-0.2, -0.15) is 4.98 Å². The second-order valence-corrected chi connectivity index (χ2v) is 8.87. The van der Waals surface area contributed by atoms with Crippen molar-refractivity contribution >= 4 is 22.6 Å². The lowest BCUT2D eigenvalue weighted by Crippen LogP contribution is -2.24. The Morgan fingerprint density at radius 2 is 1.88 bits per heavy atom. The fraction of sp³-hybridized carbons (Fsp3) is 0.375. The third-order valence-electron chi connectivity index (χ3n) is 6.66. The van der Waals surface area contributed by atoms with E-state index in [1.807, 2.05) is 49.4 Å². The smallest absolute Gasteiger partial charge is 0.232 e. The van der Waals surface area contributed by atoms with Crippen LogP contribution in [0.5, 0.6) is 0 Å². The highest BCUT2D eigenvalue weighted by Gasteiger charge is 2.35. The monoisotopic (exact) mass is 428 g/mol.